The molecule has 0 radical (unpaired) electrons. The molecule has 3 aromatic heterocycles. The fourth-order valence-corrected chi connectivity index (χ4v) is 10.7. The maximum Gasteiger partial charge on any atom is 0.154 e. The van der Waals surface area contributed by atoms with E-state index in [0.717, 1.165) is 39.1 Å². The van der Waals surface area contributed by atoms with Gasteiger partial charge in [-0.15, -0.1) is 0 Å². The minimum atomic E-state index is -0.109. The first-order chi connectivity index (χ1) is 33.0. The molecule has 0 saturated heterocycles. The Morgan fingerprint density at radius 3 is 1.87 bits per heavy atom. The summed E-state index contributed by atoms with van der Waals surface area (Å²) in [5, 5.41) is 6.20. The molecule has 67 heavy (non-hydrogen) atoms. The predicted molar refractivity (Wildman–Crippen MR) is 280 cm³/mol. The molecule has 0 unspecified atom stereocenters. The highest BCUT2D eigenvalue weighted by atomic mass is 15.1. The van der Waals surface area contributed by atoms with E-state index in [-0.39, 0.29) is 5.41 Å². The van der Waals surface area contributed by atoms with E-state index in [9.17, 15) is 0 Å². The maximum atomic E-state index is 4.98. The molecule has 13 rings (SSSR count). The minimum Gasteiger partial charge on any atom is -0.312 e. The van der Waals surface area contributed by atoms with Crippen LogP contribution < -0.4 is 0 Å². The molecule has 1 aliphatic rings. The van der Waals surface area contributed by atoms with Gasteiger partial charge < -0.3 is 13.7 Å². The average molecular weight is 860 g/mol. The van der Waals surface area contributed by atoms with Crippen LogP contribution in [0.1, 0.15) is 41.8 Å². The Balaban J connectivity index is 0.920. The summed E-state index contributed by atoms with van der Waals surface area (Å²) < 4.78 is 7.34. The number of amidine groups is 1. The minimum absolute atomic E-state index is 0.109. The zero-order valence-corrected chi connectivity index (χ0v) is 37.3. The van der Waals surface area contributed by atoms with Gasteiger partial charge in [0.1, 0.15) is 0 Å². The number of para-hydroxylation sites is 3. The number of hydrogen-bond acceptors (Lipinski definition) is 1. The highest BCUT2D eigenvalue weighted by Gasteiger charge is 2.37. The van der Waals surface area contributed by atoms with Gasteiger partial charge in [0.05, 0.1) is 34.1 Å². The van der Waals surface area contributed by atoms with Crippen LogP contribution in [-0.2, 0) is 12.0 Å². The van der Waals surface area contributed by atoms with E-state index in [4.69, 9.17) is 9.98 Å². The second-order valence-corrected chi connectivity index (χ2v) is 18.2. The monoisotopic (exact) mass is 859 g/mol. The van der Waals surface area contributed by atoms with Gasteiger partial charge in [-0.05, 0) is 101 Å². The summed E-state index contributed by atoms with van der Waals surface area (Å²) in [6.07, 6.45) is 1.94. The van der Waals surface area contributed by atoms with Crippen LogP contribution in [0.2, 0.25) is 0 Å². The van der Waals surface area contributed by atoms with Gasteiger partial charge in [0.25, 0.3) is 0 Å². The summed E-state index contributed by atoms with van der Waals surface area (Å²) in [5.74, 6) is 0.707. The van der Waals surface area contributed by atoms with E-state index < -0.39 is 0 Å². The molecule has 0 saturated carbocycles. The molecular weight excluding hydrogens is 815 g/mol. The van der Waals surface area contributed by atoms with Crippen molar-refractivity contribution in [2.45, 2.75) is 25.8 Å². The van der Waals surface area contributed by atoms with Crippen molar-refractivity contribution in [3.05, 3.63) is 246 Å². The molecule has 1 aliphatic heterocycles. The van der Waals surface area contributed by atoms with Crippen molar-refractivity contribution in [1.29, 1.82) is 0 Å². The van der Waals surface area contributed by atoms with Gasteiger partial charge >= 0.3 is 0 Å². The van der Waals surface area contributed by atoms with E-state index in [1.165, 1.54) is 71.6 Å². The van der Waals surface area contributed by atoms with Gasteiger partial charge in [-0.25, -0.2) is 4.99 Å². The predicted octanol–water partition coefficient (Wildman–Crippen LogP) is 15.2. The third-order valence-corrected chi connectivity index (χ3v) is 13.9. The lowest BCUT2D eigenvalue weighted by atomic mass is 9.83. The normalized spacial score (nSPS) is 13.4. The smallest absolute Gasteiger partial charge is 0.154 e. The van der Waals surface area contributed by atoms with E-state index in [0.29, 0.717) is 12.4 Å². The van der Waals surface area contributed by atoms with Gasteiger partial charge in [-0.2, -0.15) is 0 Å². The Hall–Kier alpha value is -8.54. The van der Waals surface area contributed by atoms with Crippen LogP contribution in [0.3, 0.4) is 0 Å². The Kier molecular flexibility index (Phi) is 8.87. The summed E-state index contributed by atoms with van der Waals surface area (Å²) in [6.45, 7) is 5.27. The summed E-state index contributed by atoms with van der Waals surface area (Å²) in [5.41, 5.74) is 17.6. The first-order valence-electron chi connectivity index (χ1n) is 23.1. The lowest BCUT2D eigenvalue weighted by Gasteiger charge is -2.18. The Morgan fingerprint density at radius 2 is 1.07 bits per heavy atom. The van der Waals surface area contributed by atoms with Crippen molar-refractivity contribution in [3.63, 3.8) is 0 Å². The first-order valence-corrected chi connectivity index (χ1v) is 23.1. The molecular formula is C62H45N5. The quantitative estimate of drug-likeness (QED) is 0.113. The van der Waals surface area contributed by atoms with Gasteiger partial charge in [0, 0.05) is 66.9 Å². The van der Waals surface area contributed by atoms with Crippen LogP contribution >= 0.6 is 0 Å². The molecule has 0 N–H and O–H groups in total. The lowest BCUT2D eigenvalue weighted by molar-refractivity contribution is 0.645. The fraction of sp³-hybridized carbons (Fsp3) is 0.0645. The van der Waals surface area contributed by atoms with Crippen molar-refractivity contribution < 1.29 is 0 Å². The zero-order chi connectivity index (χ0) is 44.6. The Morgan fingerprint density at radius 1 is 0.463 bits per heavy atom. The number of rotatable bonds is 7. The van der Waals surface area contributed by atoms with Crippen molar-refractivity contribution in [2.24, 2.45) is 9.98 Å². The summed E-state index contributed by atoms with van der Waals surface area (Å²) in [4.78, 5) is 9.94. The average Bonchev–Trinajstić information content (AvgIpc) is 4.10. The molecule has 12 aromatic rings. The number of aliphatic imine (C=N–C) groups is 2. The molecule has 318 valence electrons. The van der Waals surface area contributed by atoms with Crippen LogP contribution in [0.15, 0.2) is 228 Å². The zero-order valence-electron chi connectivity index (χ0n) is 37.3. The molecule has 0 atom stereocenters. The number of aromatic nitrogens is 3. The summed E-state index contributed by atoms with van der Waals surface area (Å²) in [7, 11) is 0. The molecule has 0 bridgehead atoms. The number of fused-ring (bicyclic) bond motifs is 12. The third-order valence-electron chi connectivity index (χ3n) is 13.9. The number of hydrogen-bond donors (Lipinski definition) is 0. The molecule has 0 spiro atoms. The van der Waals surface area contributed by atoms with Gasteiger partial charge in [0.15, 0.2) is 5.84 Å². The van der Waals surface area contributed by atoms with Crippen LogP contribution in [-0.4, -0.2) is 25.8 Å². The summed E-state index contributed by atoms with van der Waals surface area (Å²) >= 11 is 0. The first kappa shape index (κ1) is 38.9. The molecule has 0 amide bonds. The topological polar surface area (TPSA) is 39.5 Å². The van der Waals surface area contributed by atoms with Crippen LogP contribution in [0.4, 0.5) is 0 Å². The van der Waals surface area contributed by atoms with E-state index in [2.05, 4.69) is 210 Å². The largest absolute Gasteiger partial charge is 0.312 e. The molecule has 0 aliphatic carbocycles. The van der Waals surface area contributed by atoms with Crippen molar-refractivity contribution in [1.82, 2.24) is 13.7 Å². The third kappa shape index (κ3) is 6.23. The highest BCUT2D eigenvalue weighted by Crippen LogP contribution is 2.48. The second kappa shape index (κ2) is 15.3. The number of benzene rings is 9. The van der Waals surface area contributed by atoms with Crippen LogP contribution in [0.5, 0.6) is 0 Å². The number of nitrogens with zero attached hydrogens (tertiary/aromatic N) is 5. The van der Waals surface area contributed by atoms with Gasteiger partial charge in [0.2, 0.25) is 0 Å². The standard InChI is InChI=1S/C62H45N5/c1-62(2)53-26-13-15-28-58(53)67-57-34-31-49-51-37-45(30-33-56(51)66(46-22-10-5-11-23-46)60(49)52(57)38-59(62)67)44-29-32-55-50(36-44)48-25-12-14-27-54(48)65(55)47-24-16-19-42(35-47)40-64-61(43-20-8-4-9-21-43)63-39-41-17-6-3-7-18-41/h3-38,40H,39H2,1-2H3. The molecule has 4 heterocycles. The Bertz CT molecular complexity index is 3960. The SMILES string of the molecule is CC1(C)c2ccccc2-n2c1cc1c2ccc2c3cc(-c4ccc5c(c4)c4ccccc4n5-c4cccc(C=NC(=NCc5ccccc5)c5ccccc5)c4)ccc3n(-c3ccccc3)c21. The molecule has 0 fully saturated rings. The van der Waals surface area contributed by atoms with Gasteiger partial charge in [-0.1, -0.05) is 159 Å². The maximum absolute atomic E-state index is 4.98. The van der Waals surface area contributed by atoms with E-state index >= 15 is 0 Å². The van der Waals surface area contributed by atoms with Crippen molar-refractivity contribution in [3.8, 4) is 28.2 Å². The molecule has 9 aromatic carbocycles. The van der Waals surface area contributed by atoms with Gasteiger partial charge in [-0.3, -0.25) is 4.99 Å². The molecule has 5 nitrogen and oxygen atoms in total. The molecule has 5 heteroatoms. The van der Waals surface area contributed by atoms with Crippen LogP contribution in [0, 0.1) is 0 Å². The highest BCUT2D eigenvalue weighted by molar-refractivity contribution is 6.20. The van der Waals surface area contributed by atoms with E-state index in [1.807, 2.05) is 42.6 Å². The second-order valence-electron chi connectivity index (χ2n) is 18.2. The van der Waals surface area contributed by atoms with E-state index in [1.54, 1.807) is 0 Å². The van der Waals surface area contributed by atoms with Crippen molar-refractivity contribution in [2.75, 3.05) is 0 Å². The lowest BCUT2D eigenvalue weighted by Crippen LogP contribution is -2.14. The van der Waals surface area contributed by atoms with Crippen molar-refractivity contribution >= 4 is 66.6 Å². The Labute approximate surface area is 388 Å². The fourth-order valence-electron chi connectivity index (χ4n) is 10.7. The van der Waals surface area contributed by atoms with Crippen LogP contribution in [0.25, 0.3) is 82.7 Å². The summed E-state index contributed by atoms with van der Waals surface area (Å²) in [6, 6.07) is 78.7.